The summed E-state index contributed by atoms with van der Waals surface area (Å²) in [5.41, 5.74) is 2.11. The van der Waals surface area contributed by atoms with Gasteiger partial charge in [-0.3, -0.25) is 19.2 Å². The van der Waals surface area contributed by atoms with E-state index in [9.17, 15) is 19.2 Å². The molecule has 3 unspecified atom stereocenters. The summed E-state index contributed by atoms with van der Waals surface area (Å²) >= 11 is 0. The Bertz CT molecular complexity index is 1560. The highest BCUT2D eigenvalue weighted by Gasteiger charge is 2.70. The molecular weight excluding hydrogens is 679 g/mol. The van der Waals surface area contributed by atoms with Crippen LogP contribution in [0.1, 0.15) is 123 Å². The van der Waals surface area contributed by atoms with Gasteiger partial charge in [0.2, 0.25) is 17.6 Å². The average Bonchev–Trinajstić information content (AvgIpc) is 3.46. The summed E-state index contributed by atoms with van der Waals surface area (Å²) < 4.78 is 0. The minimum atomic E-state index is -0.973. The summed E-state index contributed by atoms with van der Waals surface area (Å²) in [6.45, 7) is 15.2. The van der Waals surface area contributed by atoms with Gasteiger partial charge in [0, 0.05) is 18.6 Å². The largest absolute Gasteiger partial charge is 0.346 e. The van der Waals surface area contributed by atoms with Crippen LogP contribution in [0.2, 0.25) is 0 Å². The van der Waals surface area contributed by atoms with Crippen molar-refractivity contribution in [1.29, 1.82) is 0 Å². The summed E-state index contributed by atoms with van der Waals surface area (Å²) in [7, 11) is 0. The second-order valence-electron chi connectivity index (χ2n) is 19.1. The molecule has 3 saturated carbocycles. The molecule has 0 spiro atoms. The molecule has 0 bridgehead atoms. The molecule has 5 aliphatic rings. The summed E-state index contributed by atoms with van der Waals surface area (Å²) in [5, 5.41) is 12.2. The van der Waals surface area contributed by atoms with E-state index in [-0.39, 0.29) is 58.5 Å². The number of nitrogens with one attached hydrogen (secondary N) is 4. The average molecular weight is 744 g/mol. The predicted octanol–water partition coefficient (Wildman–Crippen LogP) is 6.02. The third-order valence-electron chi connectivity index (χ3n) is 13.7. The lowest BCUT2D eigenvalue weighted by Crippen LogP contribution is -2.62. The first kappa shape index (κ1) is 40.0. The molecular formula is C44H65N5O5. The molecule has 6 rings (SSSR count). The number of hydrogen-bond acceptors (Lipinski definition) is 5. The number of Topliss-reactive ketones (excluding diaryl/α,β-unsaturated/α-hetero) is 1. The van der Waals surface area contributed by atoms with Gasteiger partial charge in [0.05, 0.1) is 6.04 Å². The van der Waals surface area contributed by atoms with Crippen molar-refractivity contribution in [2.24, 2.45) is 34.5 Å². The van der Waals surface area contributed by atoms with Gasteiger partial charge in [-0.25, -0.2) is 4.79 Å². The molecule has 4 N–H and O–H groups in total. The van der Waals surface area contributed by atoms with E-state index in [1.54, 1.807) is 4.90 Å². The highest BCUT2D eigenvalue weighted by Crippen LogP contribution is 2.65. The third kappa shape index (κ3) is 8.89. The summed E-state index contributed by atoms with van der Waals surface area (Å²) in [5.74, 6) is -1.92. The number of hydrogen-bond donors (Lipinski definition) is 4. The minimum absolute atomic E-state index is 0.0842. The number of carbonyl (C=O) groups is 5. The molecule has 1 aromatic rings. The Balaban J connectivity index is 1.23. The highest BCUT2D eigenvalue weighted by molar-refractivity contribution is 6.38. The number of carbonyl (C=O) groups excluding carboxylic acids is 5. The number of nitrogens with zero attached hydrogens (tertiary/aromatic N) is 1. The van der Waals surface area contributed by atoms with Gasteiger partial charge in [0.15, 0.2) is 0 Å². The fraction of sp³-hybridized carbons (Fsp3) is 0.705. The first-order chi connectivity index (χ1) is 25.6. The quantitative estimate of drug-likeness (QED) is 0.129. The van der Waals surface area contributed by atoms with Crippen molar-refractivity contribution in [1.82, 2.24) is 26.2 Å². The van der Waals surface area contributed by atoms with Gasteiger partial charge in [0.1, 0.15) is 12.1 Å². The molecule has 54 heavy (non-hydrogen) atoms. The van der Waals surface area contributed by atoms with E-state index in [1.807, 2.05) is 12.1 Å². The number of likely N-dealkylation sites (tertiary alicyclic amines) is 1. The van der Waals surface area contributed by atoms with Gasteiger partial charge in [-0.05, 0) is 90.6 Å². The maximum absolute atomic E-state index is 15.0. The molecule has 1 heterocycles. The van der Waals surface area contributed by atoms with Crippen LogP contribution >= 0.6 is 0 Å². The number of amides is 5. The Kier molecular flexibility index (Phi) is 12.0. The highest BCUT2D eigenvalue weighted by atomic mass is 16.2. The number of rotatable bonds is 15. The Hall–Kier alpha value is -3.69. The van der Waals surface area contributed by atoms with Crippen molar-refractivity contribution < 1.29 is 24.0 Å². The smallest absolute Gasteiger partial charge is 0.315 e. The molecule has 10 nitrogen and oxygen atoms in total. The second kappa shape index (κ2) is 16.2. The first-order valence-electron chi connectivity index (χ1n) is 20.8. The zero-order valence-corrected chi connectivity index (χ0v) is 33.4. The molecule has 5 amide bonds. The second-order valence-corrected chi connectivity index (χ2v) is 19.1. The number of piperidine rings is 1. The van der Waals surface area contributed by atoms with E-state index in [2.05, 4.69) is 74.6 Å². The van der Waals surface area contributed by atoms with Crippen LogP contribution in [0.4, 0.5) is 4.79 Å². The van der Waals surface area contributed by atoms with Gasteiger partial charge in [-0.2, -0.15) is 0 Å². The van der Waals surface area contributed by atoms with E-state index in [4.69, 9.17) is 0 Å². The van der Waals surface area contributed by atoms with Crippen LogP contribution in [0.5, 0.6) is 0 Å². The fourth-order valence-electron chi connectivity index (χ4n) is 10.2. The van der Waals surface area contributed by atoms with Crippen LogP contribution in [-0.2, 0) is 32.0 Å². The maximum Gasteiger partial charge on any atom is 0.315 e. The predicted molar refractivity (Wildman–Crippen MR) is 210 cm³/mol. The van der Waals surface area contributed by atoms with Crippen molar-refractivity contribution in [3.05, 3.63) is 48.0 Å². The standard InChI is InChI=1S/C44H65N5O5/c1-7-23-45-39(52)37(50)33(24-28-15-13-16-28)46-38(51)36-34-32(43(34,5)6)27-49(36)40(53)35(31-25-29-17-9-10-18-30(29)26-31)47-41(54)48-44(20-11-8-12-21-44)22-14-19-42(2,3)4/h7,9-10,17-18,28,31-36H,1,8,11-16,19-27H2,2-6H3,(H,45,52)(H,46,51)(H2,47,48,54)/t32?,33?,34?,35-,36-/m0/s1. The lowest BCUT2D eigenvalue weighted by Gasteiger charge is -2.40. The van der Waals surface area contributed by atoms with E-state index in [0.717, 1.165) is 70.6 Å². The number of benzene rings is 1. The lowest BCUT2D eigenvalue weighted by molar-refractivity contribution is -0.144. The topological polar surface area (TPSA) is 137 Å². The SMILES string of the molecule is C=CCNC(=O)C(=O)C(CC1CCC1)NC(=O)[C@@H]1C2C(CN1C(=O)[C@@H](NC(=O)NC1(CCCC(C)(C)C)CCCCC1)C1Cc3ccccc3C1)C2(C)C. The van der Waals surface area contributed by atoms with E-state index < -0.39 is 35.7 Å². The zero-order chi connectivity index (χ0) is 38.8. The van der Waals surface area contributed by atoms with Crippen molar-refractivity contribution in [3.63, 3.8) is 0 Å². The molecule has 296 valence electrons. The van der Waals surface area contributed by atoms with Gasteiger partial charge in [-0.1, -0.05) is 110 Å². The molecule has 4 fully saturated rings. The molecule has 10 heteroatoms. The van der Waals surface area contributed by atoms with Crippen LogP contribution in [0.15, 0.2) is 36.9 Å². The Labute approximate surface area is 322 Å². The minimum Gasteiger partial charge on any atom is -0.346 e. The Morgan fingerprint density at radius 1 is 0.963 bits per heavy atom. The van der Waals surface area contributed by atoms with Crippen LogP contribution in [0.3, 0.4) is 0 Å². The normalized spacial score (nSPS) is 25.3. The molecule has 1 aliphatic heterocycles. The van der Waals surface area contributed by atoms with Gasteiger partial charge >= 0.3 is 6.03 Å². The third-order valence-corrected chi connectivity index (χ3v) is 13.7. The van der Waals surface area contributed by atoms with Crippen LogP contribution in [-0.4, -0.2) is 71.2 Å². The molecule has 5 atom stereocenters. The van der Waals surface area contributed by atoms with E-state index in [0.29, 0.717) is 25.8 Å². The van der Waals surface area contributed by atoms with Gasteiger partial charge in [0.25, 0.3) is 5.91 Å². The Morgan fingerprint density at radius 3 is 2.22 bits per heavy atom. The summed E-state index contributed by atoms with van der Waals surface area (Å²) in [6, 6.07) is 5.29. The van der Waals surface area contributed by atoms with Crippen molar-refractivity contribution >= 4 is 29.5 Å². The first-order valence-corrected chi connectivity index (χ1v) is 20.8. The molecule has 1 aromatic carbocycles. The maximum atomic E-state index is 15.0. The van der Waals surface area contributed by atoms with Crippen molar-refractivity contribution in [3.8, 4) is 0 Å². The molecule has 4 aliphatic carbocycles. The monoisotopic (exact) mass is 743 g/mol. The molecule has 0 aromatic heterocycles. The summed E-state index contributed by atoms with van der Waals surface area (Å²) in [6.07, 6.45) is 14.4. The van der Waals surface area contributed by atoms with Gasteiger partial charge in [-0.15, -0.1) is 6.58 Å². The van der Waals surface area contributed by atoms with Gasteiger partial charge < -0.3 is 26.2 Å². The van der Waals surface area contributed by atoms with E-state index in [1.165, 1.54) is 17.2 Å². The molecule has 1 saturated heterocycles. The van der Waals surface area contributed by atoms with Crippen LogP contribution in [0.25, 0.3) is 0 Å². The van der Waals surface area contributed by atoms with Crippen molar-refractivity contribution in [2.75, 3.05) is 13.1 Å². The zero-order valence-electron chi connectivity index (χ0n) is 33.4. The number of ketones is 1. The molecule has 0 radical (unpaired) electrons. The number of urea groups is 1. The van der Waals surface area contributed by atoms with Crippen LogP contribution in [0, 0.1) is 34.5 Å². The summed E-state index contributed by atoms with van der Waals surface area (Å²) in [4.78, 5) is 71.5. The van der Waals surface area contributed by atoms with Crippen molar-refractivity contribution in [2.45, 2.75) is 148 Å². The van der Waals surface area contributed by atoms with E-state index >= 15 is 4.79 Å². The Morgan fingerprint density at radius 2 is 1.63 bits per heavy atom. The number of fused-ring (bicyclic) bond motifs is 2. The fourth-order valence-corrected chi connectivity index (χ4v) is 10.2. The lowest BCUT2D eigenvalue weighted by atomic mass is 9.76. The van der Waals surface area contributed by atoms with Crippen LogP contribution < -0.4 is 21.3 Å².